The lowest BCUT2D eigenvalue weighted by molar-refractivity contribution is -0.397. The van der Waals surface area contributed by atoms with E-state index >= 15 is 0 Å². The van der Waals surface area contributed by atoms with E-state index in [1.165, 1.54) is 12.4 Å². The topological polar surface area (TPSA) is 119 Å². The Morgan fingerprint density at radius 1 is 1.46 bits per heavy atom. The first-order chi connectivity index (χ1) is 11.5. The van der Waals surface area contributed by atoms with Crippen LogP contribution in [0.25, 0.3) is 0 Å². The number of aldehydes is 1. The summed E-state index contributed by atoms with van der Waals surface area (Å²) in [4.78, 5) is 36.8. The molecule has 1 heterocycles. The molecule has 9 nitrogen and oxygen atoms in total. The molecule has 0 saturated carbocycles. The van der Waals surface area contributed by atoms with Crippen LogP contribution in [-0.4, -0.2) is 50.3 Å². The predicted octanol–water partition coefficient (Wildman–Crippen LogP) is 1.33. The number of aliphatic hydroxyl groups is 1. The van der Waals surface area contributed by atoms with Crippen molar-refractivity contribution in [2.24, 2.45) is 0 Å². The quantitative estimate of drug-likeness (QED) is 0.500. The summed E-state index contributed by atoms with van der Waals surface area (Å²) >= 11 is 0. The van der Waals surface area contributed by atoms with E-state index < -0.39 is 11.7 Å². The SMILES string of the molecule is CCN(C)C(=O)c1ccccc1C=O.O=[N+]([O-])c1nccn1CO. The van der Waals surface area contributed by atoms with Crippen molar-refractivity contribution in [2.75, 3.05) is 13.6 Å². The van der Waals surface area contributed by atoms with Crippen LogP contribution in [0.15, 0.2) is 36.7 Å². The van der Waals surface area contributed by atoms with Crippen LogP contribution in [0.3, 0.4) is 0 Å². The van der Waals surface area contributed by atoms with Crippen molar-refractivity contribution in [3.63, 3.8) is 0 Å². The molecule has 9 heteroatoms. The fraction of sp³-hybridized carbons (Fsp3) is 0.267. The van der Waals surface area contributed by atoms with E-state index in [2.05, 4.69) is 4.98 Å². The number of imidazole rings is 1. The fourth-order valence-electron chi connectivity index (χ4n) is 1.73. The van der Waals surface area contributed by atoms with Crippen LogP contribution in [-0.2, 0) is 6.73 Å². The lowest BCUT2D eigenvalue weighted by Gasteiger charge is -2.15. The molecule has 0 unspecified atom stereocenters. The Labute approximate surface area is 138 Å². The van der Waals surface area contributed by atoms with Crippen molar-refractivity contribution in [3.05, 3.63) is 57.9 Å². The Morgan fingerprint density at radius 2 is 2.12 bits per heavy atom. The molecule has 0 spiro atoms. The van der Waals surface area contributed by atoms with Gasteiger partial charge in [0, 0.05) is 19.2 Å². The van der Waals surface area contributed by atoms with Gasteiger partial charge in [0.15, 0.2) is 13.0 Å². The third-order valence-electron chi connectivity index (χ3n) is 3.15. The highest BCUT2D eigenvalue weighted by molar-refractivity contribution is 6.01. The molecule has 2 rings (SSSR count). The van der Waals surface area contributed by atoms with Gasteiger partial charge < -0.3 is 20.1 Å². The minimum absolute atomic E-state index is 0.116. The van der Waals surface area contributed by atoms with Crippen molar-refractivity contribution in [1.29, 1.82) is 0 Å². The fourth-order valence-corrected chi connectivity index (χ4v) is 1.73. The molecular weight excluding hydrogens is 316 g/mol. The molecule has 1 amide bonds. The Hall–Kier alpha value is -3.07. The second-order valence-electron chi connectivity index (χ2n) is 4.62. The van der Waals surface area contributed by atoms with Crippen LogP contribution in [0.4, 0.5) is 5.95 Å². The van der Waals surface area contributed by atoms with E-state index in [0.717, 1.165) is 4.57 Å². The maximum absolute atomic E-state index is 11.7. The Kier molecular flexibility index (Phi) is 7.24. The van der Waals surface area contributed by atoms with Gasteiger partial charge in [-0.2, -0.15) is 0 Å². The molecule has 1 aromatic heterocycles. The van der Waals surface area contributed by atoms with Crippen molar-refractivity contribution in [3.8, 4) is 0 Å². The van der Waals surface area contributed by atoms with Crippen LogP contribution < -0.4 is 0 Å². The number of amides is 1. The molecule has 128 valence electrons. The maximum Gasteiger partial charge on any atom is 0.436 e. The third kappa shape index (κ3) is 4.71. The lowest BCUT2D eigenvalue weighted by atomic mass is 10.1. The van der Waals surface area contributed by atoms with Gasteiger partial charge in [0.25, 0.3) is 5.91 Å². The number of carbonyl (C=O) groups excluding carboxylic acids is 2. The Morgan fingerprint density at radius 3 is 2.62 bits per heavy atom. The summed E-state index contributed by atoms with van der Waals surface area (Å²) in [5.41, 5.74) is 0.907. The number of aliphatic hydroxyl groups excluding tert-OH is 1. The van der Waals surface area contributed by atoms with Gasteiger partial charge in [-0.15, -0.1) is 0 Å². The van der Waals surface area contributed by atoms with E-state index in [1.807, 2.05) is 6.92 Å². The van der Waals surface area contributed by atoms with Crippen LogP contribution in [0, 0.1) is 10.1 Å². The molecule has 1 N–H and O–H groups in total. The number of nitro groups is 1. The van der Waals surface area contributed by atoms with Crippen molar-refractivity contribution >= 4 is 18.1 Å². The molecule has 0 aliphatic rings. The zero-order valence-electron chi connectivity index (χ0n) is 13.3. The number of aromatic nitrogens is 2. The summed E-state index contributed by atoms with van der Waals surface area (Å²) in [5.74, 6) is -0.460. The Balaban J connectivity index is 0.000000254. The summed E-state index contributed by atoms with van der Waals surface area (Å²) in [6, 6.07) is 6.80. The molecule has 0 saturated heterocycles. The zero-order chi connectivity index (χ0) is 18.1. The highest BCUT2D eigenvalue weighted by atomic mass is 16.6. The molecule has 24 heavy (non-hydrogen) atoms. The molecule has 0 fully saturated rings. The largest absolute Gasteiger partial charge is 0.436 e. The van der Waals surface area contributed by atoms with Crippen molar-refractivity contribution < 1.29 is 19.6 Å². The first-order valence-corrected chi connectivity index (χ1v) is 7.02. The van der Waals surface area contributed by atoms with Gasteiger partial charge in [0.1, 0.15) is 12.4 Å². The summed E-state index contributed by atoms with van der Waals surface area (Å²) in [6.45, 7) is 2.10. The Bertz CT molecular complexity index is 713. The molecule has 0 atom stereocenters. The van der Waals surface area contributed by atoms with Crippen LogP contribution in [0.2, 0.25) is 0 Å². The highest BCUT2D eigenvalue weighted by Gasteiger charge is 2.13. The third-order valence-corrected chi connectivity index (χ3v) is 3.15. The smallest absolute Gasteiger partial charge is 0.390 e. The number of benzene rings is 1. The number of hydrogen-bond donors (Lipinski definition) is 1. The summed E-state index contributed by atoms with van der Waals surface area (Å²) < 4.78 is 1.03. The summed E-state index contributed by atoms with van der Waals surface area (Å²) in [6.07, 6.45) is 3.29. The van der Waals surface area contributed by atoms with Gasteiger partial charge in [-0.1, -0.05) is 23.2 Å². The average molecular weight is 334 g/mol. The normalized spacial score (nSPS) is 9.62. The van der Waals surface area contributed by atoms with Gasteiger partial charge in [-0.05, 0) is 17.9 Å². The standard InChI is InChI=1S/C11H13NO2.C4H5N3O3/c1-3-12(2)11(14)10-7-5-4-6-9(10)8-13;8-3-6-2-1-5-4(6)7(9)10/h4-8H,3H2,1-2H3;1-2,8H,3H2. The zero-order valence-corrected chi connectivity index (χ0v) is 13.3. The van der Waals surface area contributed by atoms with E-state index in [-0.39, 0.29) is 11.9 Å². The average Bonchev–Trinajstić information content (AvgIpc) is 3.10. The van der Waals surface area contributed by atoms with Gasteiger partial charge >= 0.3 is 5.95 Å². The first kappa shape index (κ1) is 19.0. The summed E-state index contributed by atoms with van der Waals surface area (Å²) in [7, 11) is 1.71. The lowest BCUT2D eigenvalue weighted by Crippen LogP contribution is -2.27. The molecular formula is C15H18N4O5. The summed E-state index contributed by atoms with van der Waals surface area (Å²) in [5, 5.41) is 18.5. The van der Waals surface area contributed by atoms with Gasteiger partial charge in [0.2, 0.25) is 0 Å². The van der Waals surface area contributed by atoms with Crippen LogP contribution >= 0.6 is 0 Å². The molecule has 1 aromatic carbocycles. The van der Waals surface area contributed by atoms with E-state index in [0.29, 0.717) is 24.0 Å². The van der Waals surface area contributed by atoms with Gasteiger partial charge in [-0.25, -0.2) is 4.57 Å². The number of nitrogens with zero attached hydrogens (tertiary/aromatic N) is 4. The molecule has 0 aliphatic heterocycles. The maximum atomic E-state index is 11.7. The van der Waals surface area contributed by atoms with Crippen LogP contribution in [0.1, 0.15) is 27.6 Å². The first-order valence-electron chi connectivity index (χ1n) is 7.02. The van der Waals surface area contributed by atoms with Gasteiger partial charge in [-0.3, -0.25) is 9.59 Å². The number of carbonyl (C=O) groups is 2. The second-order valence-corrected chi connectivity index (χ2v) is 4.62. The van der Waals surface area contributed by atoms with E-state index in [1.54, 1.807) is 36.2 Å². The van der Waals surface area contributed by atoms with Crippen LogP contribution in [0.5, 0.6) is 0 Å². The second kappa shape index (κ2) is 9.16. The van der Waals surface area contributed by atoms with Crippen molar-refractivity contribution in [2.45, 2.75) is 13.7 Å². The molecule has 2 aromatic rings. The number of rotatable bonds is 5. The molecule has 0 bridgehead atoms. The van der Waals surface area contributed by atoms with E-state index in [4.69, 9.17) is 5.11 Å². The molecule has 0 aliphatic carbocycles. The monoisotopic (exact) mass is 334 g/mol. The van der Waals surface area contributed by atoms with Gasteiger partial charge in [0.05, 0.1) is 5.56 Å². The molecule has 0 radical (unpaired) electrons. The number of hydrogen-bond acceptors (Lipinski definition) is 6. The predicted molar refractivity (Wildman–Crippen MR) is 85.6 cm³/mol. The minimum atomic E-state index is -0.657. The van der Waals surface area contributed by atoms with E-state index in [9.17, 15) is 19.7 Å². The highest BCUT2D eigenvalue weighted by Crippen LogP contribution is 2.08. The minimum Gasteiger partial charge on any atom is -0.390 e. The van der Waals surface area contributed by atoms with Crippen molar-refractivity contribution in [1.82, 2.24) is 14.5 Å².